The molecular weight excluding hydrogens is 228 g/mol. The summed E-state index contributed by atoms with van der Waals surface area (Å²) in [6.07, 6.45) is 0.271. The summed E-state index contributed by atoms with van der Waals surface area (Å²) in [5.41, 5.74) is 1.65. The van der Waals surface area contributed by atoms with E-state index >= 15 is 0 Å². The van der Waals surface area contributed by atoms with Gasteiger partial charge in [0.15, 0.2) is 0 Å². The number of amides is 2. The van der Waals surface area contributed by atoms with Crippen LogP contribution in [0.2, 0.25) is 0 Å². The summed E-state index contributed by atoms with van der Waals surface area (Å²) in [4.78, 5) is 23.2. The Morgan fingerprint density at radius 1 is 1.39 bits per heavy atom. The number of nitrogens with one attached hydrogen (secondary N) is 2. The van der Waals surface area contributed by atoms with Gasteiger partial charge in [0.05, 0.1) is 5.41 Å². The molecule has 18 heavy (non-hydrogen) atoms. The Balaban J connectivity index is 1.92. The third kappa shape index (κ3) is 2.70. The Labute approximate surface area is 107 Å². The van der Waals surface area contributed by atoms with Gasteiger partial charge in [-0.15, -0.1) is 0 Å². The third-order valence-corrected chi connectivity index (χ3v) is 3.35. The molecular formula is C14H18N2O2. The normalized spacial score (nSPS) is 22.7. The lowest BCUT2D eigenvalue weighted by atomic mass is 9.88. The largest absolute Gasteiger partial charge is 0.355 e. The van der Waals surface area contributed by atoms with Gasteiger partial charge < -0.3 is 10.6 Å². The second kappa shape index (κ2) is 4.80. The molecule has 1 heterocycles. The van der Waals surface area contributed by atoms with Gasteiger partial charge in [0.25, 0.3) is 0 Å². The molecule has 0 aromatic heterocycles. The van der Waals surface area contributed by atoms with Crippen molar-refractivity contribution in [3.05, 3.63) is 35.4 Å². The molecule has 1 unspecified atom stereocenters. The summed E-state index contributed by atoms with van der Waals surface area (Å²) in [5, 5.41) is 5.59. The molecule has 1 aliphatic heterocycles. The van der Waals surface area contributed by atoms with Crippen molar-refractivity contribution in [1.82, 2.24) is 10.6 Å². The molecule has 1 atom stereocenters. The molecule has 0 saturated carbocycles. The fourth-order valence-corrected chi connectivity index (χ4v) is 2.04. The second-order valence-corrected chi connectivity index (χ2v) is 5.18. The number of carbonyl (C=O) groups is 2. The van der Waals surface area contributed by atoms with Crippen molar-refractivity contribution in [3.8, 4) is 0 Å². The van der Waals surface area contributed by atoms with E-state index < -0.39 is 5.41 Å². The first kappa shape index (κ1) is 12.6. The highest BCUT2D eigenvalue weighted by atomic mass is 16.2. The molecule has 0 spiro atoms. The quantitative estimate of drug-likeness (QED) is 0.840. The highest BCUT2D eigenvalue weighted by molar-refractivity contribution is 5.92. The van der Waals surface area contributed by atoms with Gasteiger partial charge in [-0.1, -0.05) is 29.8 Å². The zero-order valence-corrected chi connectivity index (χ0v) is 10.7. The topological polar surface area (TPSA) is 58.2 Å². The van der Waals surface area contributed by atoms with Crippen LogP contribution in [-0.2, 0) is 16.1 Å². The van der Waals surface area contributed by atoms with Crippen LogP contribution in [0.1, 0.15) is 24.5 Å². The van der Waals surface area contributed by atoms with Crippen LogP contribution in [0.4, 0.5) is 0 Å². The fraction of sp³-hybridized carbons (Fsp3) is 0.429. The highest BCUT2D eigenvalue weighted by Gasteiger charge is 2.40. The van der Waals surface area contributed by atoms with E-state index in [0.29, 0.717) is 13.1 Å². The lowest BCUT2D eigenvalue weighted by molar-refractivity contribution is -0.131. The van der Waals surface area contributed by atoms with Gasteiger partial charge in [0, 0.05) is 19.5 Å². The molecule has 96 valence electrons. The van der Waals surface area contributed by atoms with Gasteiger partial charge in [-0.25, -0.2) is 0 Å². The summed E-state index contributed by atoms with van der Waals surface area (Å²) in [6, 6.07) is 8.03. The number of hydrogen-bond donors (Lipinski definition) is 2. The average molecular weight is 246 g/mol. The summed E-state index contributed by atoms with van der Waals surface area (Å²) in [5.74, 6) is -0.121. The second-order valence-electron chi connectivity index (χ2n) is 5.18. The van der Waals surface area contributed by atoms with E-state index in [4.69, 9.17) is 0 Å². The maximum atomic E-state index is 12.0. The fourth-order valence-electron chi connectivity index (χ4n) is 2.04. The Hall–Kier alpha value is -1.84. The van der Waals surface area contributed by atoms with Gasteiger partial charge in [0.2, 0.25) is 11.8 Å². The number of hydrogen-bond acceptors (Lipinski definition) is 2. The Kier molecular flexibility index (Phi) is 3.36. The van der Waals surface area contributed by atoms with E-state index in [1.165, 1.54) is 5.56 Å². The van der Waals surface area contributed by atoms with Crippen LogP contribution in [-0.4, -0.2) is 18.4 Å². The minimum Gasteiger partial charge on any atom is -0.355 e. The zero-order chi connectivity index (χ0) is 13.2. The molecule has 1 aromatic rings. The number of aryl methyl sites for hydroxylation is 1. The molecule has 1 fully saturated rings. The third-order valence-electron chi connectivity index (χ3n) is 3.35. The summed E-state index contributed by atoms with van der Waals surface area (Å²) in [7, 11) is 0. The molecule has 2 rings (SSSR count). The summed E-state index contributed by atoms with van der Waals surface area (Å²) >= 11 is 0. The molecule has 4 heteroatoms. The molecule has 1 saturated heterocycles. The Morgan fingerprint density at radius 3 is 2.61 bits per heavy atom. The van der Waals surface area contributed by atoms with E-state index in [-0.39, 0.29) is 18.2 Å². The van der Waals surface area contributed by atoms with E-state index in [1.54, 1.807) is 0 Å². The molecule has 1 aromatic carbocycles. The highest BCUT2D eigenvalue weighted by Crippen LogP contribution is 2.25. The first-order valence-electron chi connectivity index (χ1n) is 6.10. The average Bonchev–Trinajstić information content (AvgIpc) is 2.69. The number of carbonyl (C=O) groups excluding carboxylic acids is 2. The first-order chi connectivity index (χ1) is 8.49. The minimum absolute atomic E-state index is 0.0528. The SMILES string of the molecule is Cc1ccc(CNC(=O)C2(C)CNC(=O)C2)cc1. The molecule has 0 bridgehead atoms. The van der Waals surface area contributed by atoms with E-state index in [2.05, 4.69) is 10.6 Å². The maximum Gasteiger partial charge on any atom is 0.228 e. The standard InChI is InChI=1S/C14H18N2O2/c1-10-3-5-11(6-4-10)8-15-13(18)14(2)7-12(17)16-9-14/h3-6H,7-9H2,1-2H3,(H,15,18)(H,16,17). The molecule has 2 amide bonds. The maximum absolute atomic E-state index is 12.0. The van der Waals surface area contributed by atoms with Crippen molar-refractivity contribution in [2.75, 3.05) is 6.54 Å². The smallest absolute Gasteiger partial charge is 0.228 e. The molecule has 0 radical (unpaired) electrons. The zero-order valence-electron chi connectivity index (χ0n) is 10.7. The van der Waals surface area contributed by atoms with Crippen LogP contribution in [0, 0.1) is 12.3 Å². The van der Waals surface area contributed by atoms with Crippen LogP contribution in [0.3, 0.4) is 0 Å². The monoisotopic (exact) mass is 246 g/mol. The van der Waals surface area contributed by atoms with Crippen LogP contribution >= 0.6 is 0 Å². The van der Waals surface area contributed by atoms with Crippen LogP contribution in [0.5, 0.6) is 0 Å². The van der Waals surface area contributed by atoms with Crippen molar-refractivity contribution in [1.29, 1.82) is 0 Å². The molecule has 0 aliphatic carbocycles. The molecule has 1 aliphatic rings. The van der Waals surface area contributed by atoms with Crippen molar-refractivity contribution < 1.29 is 9.59 Å². The van der Waals surface area contributed by atoms with Gasteiger partial charge in [-0.3, -0.25) is 9.59 Å². The summed E-state index contributed by atoms with van der Waals surface area (Å²) < 4.78 is 0. The number of rotatable bonds is 3. The van der Waals surface area contributed by atoms with Crippen LogP contribution in [0.15, 0.2) is 24.3 Å². The Morgan fingerprint density at radius 2 is 2.06 bits per heavy atom. The molecule has 2 N–H and O–H groups in total. The van der Waals surface area contributed by atoms with Crippen LogP contribution < -0.4 is 10.6 Å². The predicted octanol–water partition coefficient (Wildman–Crippen LogP) is 1.14. The van der Waals surface area contributed by atoms with Gasteiger partial charge in [0.1, 0.15) is 0 Å². The molecule has 4 nitrogen and oxygen atoms in total. The van der Waals surface area contributed by atoms with Crippen molar-refractivity contribution in [2.24, 2.45) is 5.41 Å². The van der Waals surface area contributed by atoms with Crippen LogP contribution in [0.25, 0.3) is 0 Å². The summed E-state index contributed by atoms with van der Waals surface area (Å²) in [6.45, 7) is 4.77. The van der Waals surface area contributed by atoms with E-state index in [1.807, 2.05) is 38.1 Å². The van der Waals surface area contributed by atoms with Gasteiger partial charge in [-0.05, 0) is 19.4 Å². The minimum atomic E-state index is -0.609. The van der Waals surface area contributed by atoms with Crippen molar-refractivity contribution in [2.45, 2.75) is 26.8 Å². The lowest BCUT2D eigenvalue weighted by Gasteiger charge is -2.20. The van der Waals surface area contributed by atoms with E-state index in [9.17, 15) is 9.59 Å². The van der Waals surface area contributed by atoms with Crippen molar-refractivity contribution >= 4 is 11.8 Å². The van der Waals surface area contributed by atoms with Gasteiger partial charge >= 0.3 is 0 Å². The first-order valence-corrected chi connectivity index (χ1v) is 6.10. The lowest BCUT2D eigenvalue weighted by Crippen LogP contribution is -2.40. The predicted molar refractivity (Wildman–Crippen MR) is 68.8 cm³/mol. The van der Waals surface area contributed by atoms with Gasteiger partial charge in [-0.2, -0.15) is 0 Å². The number of benzene rings is 1. The van der Waals surface area contributed by atoms with Crippen molar-refractivity contribution in [3.63, 3.8) is 0 Å². The van der Waals surface area contributed by atoms with E-state index in [0.717, 1.165) is 5.56 Å². The Bertz CT molecular complexity index is 467.